The first-order valence-electron chi connectivity index (χ1n) is 5.37. The minimum absolute atomic E-state index is 0.0743. The van der Waals surface area contributed by atoms with Crippen LogP contribution in [0, 0.1) is 18.6 Å². The van der Waals surface area contributed by atoms with Crippen molar-refractivity contribution in [3.63, 3.8) is 0 Å². The topological polar surface area (TPSA) is 53.1 Å². The Morgan fingerprint density at radius 2 is 1.89 bits per heavy atom. The van der Waals surface area contributed by atoms with Crippen LogP contribution in [0.5, 0.6) is 11.6 Å². The van der Waals surface area contributed by atoms with Gasteiger partial charge in [0.2, 0.25) is 5.88 Å². The fraction of sp³-hybridized carbons (Fsp3) is 0.250. The predicted molar refractivity (Wildman–Crippen MR) is 62.3 cm³/mol. The molecule has 1 aromatic heterocycles. The standard InChI is InChI=1S/C12H13F2N3O/c1-7-11(6-15)12(17(2)16-7)18-10-4-8(13)3-9(14)5-10/h3-5H,6,15H2,1-2H3. The molecule has 0 unspecified atom stereocenters. The Morgan fingerprint density at radius 1 is 1.28 bits per heavy atom. The van der Waals surface area contributed by atoms with Gasteiger partial charge in [-0.1, -0.05) is 0 Å². The summed E-state index contributed by atoms with van der Waals surface area (Å²) in [7, 11) is 1.68. The summed E-state index contributed by atoms with van der Waals surface area (Å²) in [6, 6.07) is 2.99. The minimum atomic E-state index is -0.696. The third-order valence-corrected chi connectivity index (χ3v) is 2.54. The Labute approximate surface area is 103 Å². The summed E-state index contributed by atoms with van der Waals surface area (Å²) >= 11 is 0. The molecule has 0 saturated heterocycles. The van der Waals surface area contributed by atoms with Gasteiger partial charge in [-0.05, 0) is 6.92 Å². The van der Waals surface area contributed by atoms with Crippen LogP contribution < -0.4 is 10.5 Å². The number of hydrogen-bond acceptors (Lipinski definition) is 3. The summed E-state index contributed by atoms with van der Waals surface area (Å²) in [4.78, 5) is 0. The van der Waals surface area contributed by atoms with Gasteiger partial charge in [-0.3, -0.25) is 0 Å². The van der Waals surface area contributed by atoms with Crippen LogP contribution in [-0.4, -0.2) is 9.78 Å². The summed E-state index contributed by atoms with van der Waals surface area (Å²) < 4.78 is 33.0. The van der Waals surface area contributed by atoms with Gasteiger partial charge in [-0.25, -0.2) is 13.5 Å². The molecule has 18 heavy (non-hydrogen) atoms. The molecular formula is C12H13F2N3O. The maximum absolute atomic E-state index is 13.1. The number of rotatable bonds is 3. The average Bonchev–Trinajstić information content (AvgIpc) is 2.52. The van der Waals surface area contributed by atoms with Crippen LogP contribution in [0.25, 0.3) is 0 Å². The van der Waals surface area contributed by atoms with Gasteiger partial charge < -0.3 is 10.5 Å². The zero-order valence-corrected chi connectivity index (χ0v) is 10.1. The molecule has 0 amide bonds. The van der Waals surface area contributed by atoms with Crippen molar-refractivity contribution in [2.24, 2.45) is 12.8 Å². The van der Waals surface area contributed by atoms with Gasteiger partial charge in [-0.2, -0.15) is 5.10 Å². The second-order valence-electron chi connectivity index (χ2n) is 3.90. The monoisotopic (exact) mass is 253 g/mol. The Hall–Kier alpha value is -1.95. The van der Waals surface area contributed by atoms with E-state index in [2.05, 4.69) is 5.10 Å². The highest BCUT2D eigenvalue weighted by Crippen LogP contribution is 2.27. The number of ether oxygens (including phenoxy) is 1. The SMILES string of the molecule is Cc1nn(C)c(Oc2cc(F)cc(F)c2)c1CN. The molecule has 0 bridgehead atoms. The summed E-state index contributed by atoms with van der Waals surface area (Å²) in [5.41, 5.74) is 7.04. The molecule has 6 heteroatoms. The van der Waals surface area contributed by atoms with Crippen molar-refractivity contribution >= 4 is 0 Å². The van der Waals surface area contributed by atoms with Gasteiger partial charge in [0.15, 0.2) is 0 Å². The number of nitrogens with zero attached hydrogens (tertiary/aromatic N) is 2. The van der Waals surface area contributed by atoms with Crippen LogP contribution in [-0.2, 0) is 13.6 Å². The van der Waals surface area contributed by atoms with Crippen molar-refractivity contribution < 1.29 is 13.5 Å². The zero-order chi connectivity index (χ0) is 13.3. The molecule has 1 heterocycles. The van der Waals surface area contributed by atoms with Crippen molar-refractivity contribution in [2.75, 3.05) is 0 Å². The van der Waals surface area contributed by atoms with Crippen molar-refractivity contribution in [1.82, 2.24) is 9.78 Å². The van der Waals surface area contributed by atoms with E-state index in [0.29, 0.717) is 11.4 Å². The molecular weight excluding hydrogens is 240 g/mol. The second kappa shape index (κ2) is 4.73. The molecule has 0 aliphatic heterocycles. The molecule has 0 spiro atoms. The quantitative estimate of drug-likeness (QED) is 0.912. The van der Waals surface area contributed by atoms with Gasteiger partial charge >= 0.3 is 0 Å². The second-order valence-corrected chi connectivity index (χ2v) is 3.90. The number of hydrogen-bond donors (Lipinski definition) is 1. The van der Waals surface area contributed by atoms with E-state index < -0.39 is 11.6 Å². The first-order valence-corrected chi connectivity index (χ1v) is 5.37. The third kappa shape index (κ3) is 2.33. The van der Waals surface area contributed by atoms with Crippen molar-refractivity contribution in [3.05, 3.63) is 41.1 Å². The lowest BCUT2D eigenvalue weighted by Crippen LogP contribution is -2.01. The molecule has 96 valence electrons. The Kier molecular flexibility index (Phi) is 3.29. The first-order chi connectivity index (χ1) is 8.51. The molecule has 0 fully saturated rings. The third-order valence-electron chi connectivity index (χ3n) is 2.54. The average molecular weight is 253 g/mol. The highest BCUT2D eigenvalue weighted by Gasteiger charge is 2.14. The molecule has 0 atom stereocenters. The summed E-state index contributed by atoms with van der Waals surface area (Å²) in [5, 5.41) is 4.15. The predicted octanol–water partition coefficient (Wildman–Crippen LogP) is 2.26. The van der Waals surface area contributed by atoms with E-state index in [1.54, 1.807) is 14.0 Å². The molecule has 4 nitrogen and oxygen atoms in total. The van der Waals surface area contributed by atoms with Gasteiger partial charge in [-0.15, -0.1) is 0 Å². The van der Waals surface area contributed by atoms with Crippen LogP contribution in [0.15, 0.2) is 18.2 Å². The number of halogens is 2. The Bertz CT molecular complexity index is 561. The summed E-state index contributed by atoms with van der Waals surface area (Å²) in [6.45, 7) is 2.04. The maximum Gasteiger partial charge on any atom is 0.222 e. The van der Waals surface area contributed by atoms with Crippen molar-refractivity contribution in [3.8, 4) is 11.6 Å². The van der Waals surface area contributed by atoms with E-state index >= 15 is 0 Å². The van der Waals surface area contributed by atoms with Gasteiger partial charge in [0, 0.05) is 31.8 Å². The van der Waals surface area contributed by atoms with E-state index in [1.165, 1.54) is 4.68 Å². The number of aromatic nitrogens is 2. The van der Waals surface area contributed by atoms with E-state index in [0.717, 1.165) is 23.9 Å². The summed E-state index contributed by atoms with van der Waals surface area (Å²) in [5.74, 6) is -0.929. The van der Waals surface area contributed by atoms with E-state index in [1.807, 2.05) is 0 Å². The minimum Gasteiger partial charge on any atom is -0.439 e. The van der Waals surface area contributed by atoms with Crippen LogP contribution >= 0.6 is 0 Å². The first kappa shape index (κ1) is 12.5. The van der Waals surface area contributed by atoms with Gasteiger partial charge in [0.1, 0.15) is 17.4 Å². The van der Waals surface area contributed by atoms with Crippen molar-refractivity contribution in [1.29, 1.82) is 0 Å². The molecule has 2 N–H and O–H groups in total. The van der Waals surface area contributed by atoms with Crippen LogP contribution in [0.1, 0.15) is 11.3 Å². The van der Waals surface area contributed by atoms with Gasteiger partial charge in [0.05, 0.1) is 11.3 Å². The van der Waals surface area contributed by atoms with E-state index in [4.69, 9.17) is 10.5 Å². The smallest absolute Gasteiger partial charge is 0.222 e. The fourth-order valence-corrected chi connectivity index (χ4v) is 1.74. The normalized spacial score (nSPS) is 10.7. The van der Waals surface area contributed by atoms with Crippen LogP contribution in [0.3, 0.4) is 0 Å². The molecule has 1 aromatic carbocycles. The lowest BCUT2D eigenvalue weighted by molar-refractivity contribution is 0.418. The van der Waals surface area contributed by atoms with Crippen molar-refractivity contribution in [2.45, 2.75) is 13.5 Å². The van der Waals surface area contributed by atoms with E-state index in [-0.39, 0.29) is 12.3 Å². The molecule has 0 aliphatic rings. The van der Waals surface area contributed by atoms with E-state index in [9.17, 15) is 8.78 Å². The summed E-state index contributed by atoms with van der Waals surface area (Å²) in [6.07, 6.45) is 0. The highest BCUT2D eigenvalue weighted by atomic mass is 19.1. The number of nitrogens with two attached hydrogens (primary N) is 1. The number of benzene rings is 1. The van der Waals surface area contributed by atoms with Crippen LogP contribution in [0.2, 0.25) is 0 Å². The zero-order valence-electron chi connectivity index (χ0n) is 10.1. The molecule has 2 rings (SSSR count). The lowest BCUT2D eigenvalue weighted by atomic mass is 10.2. The molecule has 0 radical (unpaired) electrons. The molecule has 2 aromatic rings. The van der Waals surface area contributed by atoms with Gasteiger partial charge in [0.25, 0.3) is 0 Å². The highest BCUT2D eigenvalue weighted by molar-refractivity contribution is 5.35. The Balaban J connectivity index is 2.39. The molecule has 0 saturated carbocycles. The lowest BCUT2D eigenvalue weighted by Gasteiger charge is -2.08. The molecule has 0 aliphatic carbocycles. The Morgan fingerprint density at radius 3 is 2.44 bits per heavy atom. The fourth-order valence-electron chi connectivity index (χ4n) is 1.74. The maximum atomic E-state index is 13.1. The largest absolute Gasteiger partial charge is 0.439 e. The van der Waals surface area contributed by atoms with Crippen LogP contribution in [0.4, 0.5) is 8.78 Å². The number of aryl methyl sites for hydroxylation is 2.